The number of nitrogens with zero attached hydrogens (tertiary/aromatic N) is 3. The van der Waals surface area contributed by atoms with E-state index in [1.807, 2.05) is 6.92 Å². The number of hydrogen-bond acceptors (Lipinski definition) is 4. The first kappa shape index (κ1) is 13.3. The van der Waals surface area contributed by atoms with Crippen LogP contribution in [0.5, 0.6) is 0 Å². The predicted molar refractivity (Wildman–Crippen MR) is 73.8 cm³/mol. The fourth-order valence-corrected chi connectivity index (χ4v) is 2.68. The molecule has 0 bridgehead atoms. The first-order chi connectivity index (χ1) is 8.61. The van der Waals surface area contributed by atoms with Gasteiger partial charge in [0.1, 0.15) is 0 Å². The second kappa shape index (κ2) is 5.67. The number of anilines is 1. The van der Waals surface area contributed by atoms with Crippen LogP contribution < -0.4 is 4.90 Å². The molecule has 2 heterocycles. The third-order valence-electron chi connectivity index (χ3n) is 3.84. The molecule has 0 radical (unpaired) electrons. The Morgan fingerprint density at radius 2 is 2.33 bits per heavy atom. The Balaban J connectivity index is 2.12. The van der Waals surface area contributed by atoms with Crippen molar-refractivity contribution in [3.05, 3.63) is 23.5 Å². The highest BCUT2D eigenvalue weighted by molar-refractivity contribution is 5.52. The Hall–Kier alpha value is -1.13. The molecular formula is C14H23N3O. The van der Waals surface area contributed by atoms with Crippen molar-refractivity contribution in [2.24, 2.45) is 0 Å². The van der Waals surface area contributed by atoms with Gasteiger partial charge in [0.05, 0.1) is 6.61 Å². The molecule has 1 aromatic heterocycles. The van der Waals surface area contributed by atoms with Crippen molar-refractivity contribution in [1.82, 2.24) is 9.88 Å². The van der Waals surface area contributed by atoms with E-state index in [2.05, 4.69) is 34.9 Å². The Morgan fingerprint density at radius 1 is 1.56 bits per heavy atom. The van der Waals surface area contributed by atoms with Crippen LogP contribution in [-0.4, -0.2) is 48.2 Å². The van der Waals surface area contributed by atoms with Crippen LogP contribution in [-0.2, 0) is 6.61 Å². The standard InChI is InChI=1S/C14H23N3O/c1-11-7-14(12(10-18)8-15-11)17(3)9-13-5-4-6-16(13)2/h7-8,13,18H,4-6,9-10H2,1-3H3. The number of likely N-dealkylation sites (N-methyl/N-ethyl adjacent to an activating group) is 2. The maximum Gasteiger partial charge on any atom is 0.0717 e. The SMILES string of the molecule is Cc1cc(N(C)CC2CCCN2C)c(CO)cn1. The lowest BCUT2D eigenvalue weighted by Crippen LogP contribution is -2.37. The van der Waals surface area contributed by atoms with Gasteiger partial charge in [-0.1, -0.05) is 0 Å². The number of aliphatic hydroxyl groups is 1. The summed E-state index contributed by atoms with van der Waals surface area (Å²) in [4.78, 5) is 8.91. The van der Waals surface area contributed by atoms with Gasteiger partial charge in [0, 0.05) is 42.8 Å². The second-order valence-electron chi connectivity index (χ2n) is 5.27. The number of rotatable bonds is 4. The highest BCUT2D eigenvalue weighted by Gasteiger charge is 2.22. The lowest BCUT2D eigenvalue weighted by atomic mass is 10.1. The average molecular weight is 249 g/mol. The molecule has 1 aromatic rings. The van der Waals surface area contributed by atoms with Crippen molar-refractivity contribution in [1.29, 1.82) is 0 Å². The predicted octanol–water partition coefficient (Wildman–Crippen LogP) is 1.41. The van der Waals surface area contributed by atoms with E-state index in [-0.39, 0.29) is 6.61 Å². The number of aryl methyl sites for hydroxylation is 1. The quantitative estimate of drug-likeness (QED) is 0.876. The molecule has 1 aliphatic heterocycles. The lowest BCUT2D eigenvalue weighted by molar-refractivity contribution is 0.281. The van der Waals surface area contributed by atoms with Gasteiger partial charge in [-0.3, -0.25) is 4.98 Å². The van der Waals surface area contributed by atoms with Crippen LogP contribution in [0.4, 0.5) is 5.69 Å². The Bertz CT molecular complexity index is 408. The zero-order valence-electron chi connectivity index (χ0n) is 11.6. The third kappa shape index (κ3) is 2.82. The molecule has 1 N–H and O–H groups in total. The fourth-order valence-electron chi connectivity index (χ4n) is 2.68. The molecular weight excluding hydrogens is 226 g/mol. The molecule has 0 aromatic carbocycles. The average Bonchev–Trinajstić information content (AvgIpc) is 2.75. The monoisotopic (exact) mass is 249 g/mol. The fraction of sp³-hybridized carbons (Fsp3) is 0.643. The molecule has 2 rings (SSSR count). The Kier molecular flexibility index (Phi) is 4.19. The minimum absolute atomic E-state index is 0.0491. The topological polar surface area (TPSA) is 39.6 Å². The van der Waals surface area contributed by atoms with Crippen LogP contribution in [0, 0.1) is 6.92 Å². The number of aliphatic hydroxyl groups excluding tert-OH is 1. The van der Waals surface area contributed by atoms with Crippen LogP contribution in [0.3, 0.4) is 0 Å². The summed E-state index contributed by atoms with van der Waals surface area (Å²) in [5.41, 5.74) is 3.00. The first-order valence-electron chi connectivity index (χ1n) is 6.59. The van der Waals surface area contributed by atoms with Gasteiger partial charge in [0.25, 0.3) is 0 Å². The number of likely N-dealkylation sites (tertiary alicyclic amines) is 1. The summed E-state index contributed by atoms with van der Waals surface area (Å²) >= 11 is 0. The lowest BCUT2D eigenvalue weighted by Gasteiger charge is -2.28. The molecule has 100 valence electrons. The summed E-state index contributed by atoms with van der Waals surface area (Å²) in [6.45, 7) is 4.24. The van der Waals surface area contributed by atoms with E-state index in [1.165, 1.54) is 19.4 Å². The van der Waals surface area contributed by atoms with E-state index in [4.69, 9.17) is 0 Å². The van der Waals surface area contributed by atoms with E-state index in [1.54, 1.807) is 6.20 Å². The van der Waals surface area contributed by atoms with Crippen molar-refractivity contribution in [2.45, 2.75) is 32.4 Å². The molecule has 0 spiro atoms. The summed E-state index contributed by atoms with van der Waals surface area (Å²) in [5, 5.41) is 9.39. The van der Waals surface area contributed by atoms with Gasteiger partial charge in [-0.05, 0) is 39.4 Å². The first-order valence-corrected chi connectivity index (χ1v) is 6.59. The third-order valence-corrected chi connectivity index (χ3v) is 3.84. The number of pyridine rings is 1. The van der Waals surface area contributed by atoms with Gasteiger partial charge in [0.2, 0.25) is 0 Å². The number of hydrogen-bond donors (Lipinski definition) is 1. The Morgan fingerprint density at radius 3 is 2.94 bits per heavy atom. The van der Waals surface area contributed by atoms with Crippen LogP contribution >= 0.6 is 0 Å². The van der Waals surface area contributed by atoms with Gasteiger partial charge < -0.3 is 14.9 Å². The highest BCUT2D eigenvalue weighted by atomic mass is 16.3. The summed E-state index contributed by atoms with van der Waals surface area (Å²) in [6.07, 6.45) is 4.33. The van der Waals surface area contributed by atoms with Gasteiger partial charge >= 0.3 is 0 Å². The van der Waals surface area contributed by atoms with E-state index >= 15 is 0 Å². The molecule has 1 fully saturated rings. The minimum atomic E-state index is 0.0491. The summed E-state index contributed by atoms with van der Waals surface area (Å²) < 4.78 is 0. The maximum absolute atomic E-state index is 9.39. The molecule has 18 heavy (non-hydrogen) atoms. The Labute approximate surface area is 109 Å². The normalized spacial score (nSPS) is 20.3. The van der Waals surface area contributed by atoms with Crippen molar-refractivity contribution in [3.63, 3.8) is 0 Å². The van der Waals surface area contributed by atoms with E-state index < -0.39 is 0 Å². The van der Waals surface area contributed by atoms with Gasteiger partial charge in [-0.25, -0.2) is 0 Å². The smallest absolute Gasteiger partial charge is 0.0717 e. The van der Waals surface area contributed by atoms with Crippen molar-refractivity contribution in [3.8, 4) is 0 Å². The van der Waals surface area contributed by atoms with Crippen molar-refractivity contribution in [2.75, 3.05) is 32.1 Å². The van der Waals surface area contributed by atoms with Gasteiger partial charge in [0.15, 0.2) is 0 Å². The minimum Gasteiger partial charge on any atom is -0.392 e. The van der Waals surface area contributed by atoms with Crippen LogP contribution in [0.2, 0.25) is 0 Å². The molecule has 1 unspecified atom stereocenters. The van der Waals surface area contributed by atoms with Crippen LogP contribution in [0.1, 0.15) is 24.1 Å². The van der Waals surface area contributed by atoms with Crippen molar-refractivity contribution >= 4 is 5.69 Å². The molecule has 1 saturated heterocycles. The summed E-state index contributed by atoms with van der Waals surface area (Å²) in [6, 6.07) is 2.68. The zero-order valence-corrected chi connectivity index (χ0v) is 11.6. The molecule has 0 aliphatic carbocycles. The summed E-state index contributed by atoms with van der Waals surface area (Å²) in [5.74, 6) is 0. The highest BCUT2D eigenvalue weighted by Crippen LogP contribution is 2.23. The maximum atomic E-state index is 9.39. The molecule has 1 aliphatic rings. The molecule has 0 amide bonds. The zero-order chi connectivity index (χ0) is 13.1. The van der Waals surface area contributed by atoms with E-state index in [9.17, 15) is 5.11 Å². The van der Waals surface area contributed by atoms with Crippen LogP contribution in [0.15, 0.2) is 12.3 Å². The summed E-state index contributed by atoms with van der Waals surface area (Å²) in [7, 11) is 4.29. The van der Waals surface area contributed by atoms with Crippen LogP contribution in [0.25, 0.3) is 0 Å². The van der Waals surface area contributed by atoms with Gasteiger partial charge in [-0.15, -0.1) is 0 Å². The largest absolute Gasteiger partial charge is 0.392 e. The van der Waals surface area contributed by atoms with E-state index in [0.29, 0.717) is 6.04 Å². The number of aromatic nitrogens is 1. The molecule has 1 atom stereocenters. The molecule has 4 heteroatoms. The van der Waals surface area contributed by atoms with Gasteiger partial charge in [-0.2, -0.15) is 0 Å². The van der Waals surface area contributed by atoms with Crippen molar-refractivity contribution < 1.29 is 5.11 Å². The molecule has 4 nitrogen and oxygen atoms in total. The second-order valence-corrected chi connectivity index (χ2v) is 5.27. The molecule has 0 saturated carbocycles. The van der Waals surface area contributed by atoms with E-state index in [0.717, 1.165) is 23.5 Å².